The van der Waals surface area contributed by atoms with Crippen molar-refractivity contribution in [3.8, 4) is 17.6 Å². The van der Waals surface area contributed by atoms with E-state index in [1.807, 2.05) is 36.1 Å². The number of para-hydroxylation sites is 1. The molecule has 186 valence electrons. The third kappa shape index (κ3) is 3.82. The molecule has 0 spiro atoms. The number of aromatic nitrogens is 5. The number of aromatic hydroxyl groups is 1. The first-order valence-corrected chi connectivity index (χ1v) is 12.0. The van der Waals surface area contributed by atoms with Gasteiger partial charge < -0.3 is 20.3 Å². The van der Waals surface area contributed by atoms with Crippen LogP contribution in [0.2, 0.25) is 0 Å². The molecule has 3 aromatic heterocycles. The zero-order chi connectivity index (χ0) is 25.6. The summed E-state index contributed by atoms with van der Waals surface area (Å²) in [6.45, 7) is 4.91. The van der Waals surface area contributed by atoms with Crippen molar-refractivity contribution in [2.75, 3.05) is 18.0 Å². The monoisotopic (exact) mass is 487 g/mol. The summed E-state index contributed by atoms with van der Waals surface area (Å²) in [4.78, 5) is 38.3. The molecular weight excluding hydrogens is 458 g/mol. The standard InChI is InChI=1S/C26H29N7O3/c1-4-5-13-32-22-21(23(34)24(32)31-12-8-9-17(27)14-31)30(3)26(36)33(25(22)35)15-20-28-16(2)18-10-6-7-11-19(18)29-20/h6-7,10-11,17,34H,8-9,12-15,27H2,1-3H3/t17-/m1/s1. The fourth-order valence-corrected chi connectivity index (χ4v) is 5.09. The zero-order valence-corrected chi connectivity index (χ0v) is 20.7. The quantitative estimate of drug-likeness (QED) is 0.418. The number of nitrogens with zero attached hydrogens (tertiary/aromatic N) is 6. The fraction of sp³-hybridized carbons (Fsp3) is 0.385. The fourth-order valence-electron chi connectivity index (χ4n) is 5.09. The highest BCUT2D eigenvalue weighted by atomic mass is 16.3. The molecule has 1 atom stereocenters. The van der Waals surface area contributed by atoms with E-state index in [0.717, 1.165) is 34.0 Å². The van der Waals surface area contributed by atoms with Gasteiger partial charge in [0.15, 0.2) is 11.6 Å². The van der Waals surface area contributed by atoms with Gasteiger partial charge in [0.05, 0.1) is 18.6 Å². The van der Waals surface area contributed by atoms with Crippen LogP contribution in [0.1, 0.15) is 31.3 Å². The van der Waals surface area contributed by atoms with Crippen molar-refractivity contribution in [1.82, 2.24) is 23.7 Å². The summed E-state index contributed by atoms with van der Waals surface area (Å²) >= 11 is 0. The van der Waals surface area contributed by atoms with Crippen LogP contribution in [0, 0.1) is 18.8 Å². The van der Waals surface area contributed by atoms with E-state index in [1.165, 1.54) is 4.57 Å². The molecule has 3 N–H and O–H groups in total. The van der Waals surface area contributed by atoms with Crippen LogP contribution in [0.4, 0.5) is 5.82 Å². The Labute approximate surface area is 207 Å². The first-order chi connectivity index (χ1) is 17.3. The third-order valence-corrected chi connectivity index (χ3v) is 6.80. The normalized spacial score (nSPS) is 15.9. The Morgan fingerprint density at radius 1 is 1.17 bits per heavy atom. The topological polar surface area (TPSA) is 124 Å². The lowest BCUT2D eigenvalue weighted by atomic mass is 10.1. The van der Waals surface area contributed by atoms with E-state index in [9.17, 15) is 14.7 Å². The molecular formula is C26H29N7O3. The number of anilines is 1. The molecule has 4 aromatic rings. The molecule has 1 fully saturated rings. The third-order valence-electron chi connectivity index (χ3n) is 6.80. The van der Waals surface area contributed by atoms with E-state index in [0.29, 0.717) is 24.7 Å². The van der Waals surface area contributed by atoms with E-state index in [1.54, 1.807) is 18.5 Å². The van der Waals surface area contributed by atoms with Crippen molar-refractivity contribution < 1.29 is 5.11 Å². The molecule has 1 aromatic carbocycles. The van der Waals surface area contributed by atoms with Gasteiger partial charge in [-0.05, 0) is 32.8 Å². The molecule has 10 nitrogen and oxygen atoms in total. The van der Waals surface area contributed by atoms with Crippen molar-refractivity contribution >= 4 is 27.8 Å². The van der Waals surface area contributed by atoms with Crippen molar-refractivity contribution in [1.29, 1.82) is 0 Å². The molecule has 1 aliphatic heterocycles. The van der Waals surface area contributed by atoms with Crippen LogP contribution < -0.4 is 21.9 Å². The molecule has 0 saturated carbocycles. The van der Waals surface area contributed by atoms with Crippen LogP contribution in [0.15, 0.2) is 33.9 Å². The molecule has 1 aliphatic rings. The van der Waals surface area contributed by atoms with E-state index in [2.05, 4.69) is 21.8 Å². The summed E-state index contributed by atoms with van der Waals surface area (Å²) in [6, 6.07) is 7.56. The lowest BCUT2D eigenvalue weighted by Crippen LogP contribution is -2.43. The minimum Gasteiger partial charge on any atom is -0.503 e. The summed E-state index contributed by atoms with van der Waals surface area (Å²) in [7, 11) is 1.55. The van der Waals surface area contributed by atoms with Crippen molar-refractivity contribution in [3.05, 3.63) is 56.6 Å². The molecule has 0 amide bonds. The summed E-state index contributed by atoms with van der Waals surface area (Å²) in [5.74, 6) is 6.58. The predicted octanol–water partition coefficient (Wildman–Crippen LogP) is 1.46. The molecule has 0 aliphatic carbocycles. The van der Waals surface area contributed by atoms with E-state index < -0.39 is 11.2 Å². The molecule has 0 radical (unpaired) electrons. The van der Waals surface area contributed by atoms with E-state index >= 15 is 0 Å². The average molecular weight is 488 g/mol. The number of rotatable bonds is 4. The summed E-state index contributed by atoms with van der Waals surface area (Å²) in [5.41, 5.74) is 7.03. The van der Waals surface area contributed by atoms with Crippen LogP contribution in [-0.4, -0.2) is 47.9 Å². The molecule has 0 bridgehead atoms. The largest absolute Gasteiger partial charge is 0.503 e. The minimum atomic E-state index is -0.558. The first-order valence-electron chi connectivity index (χ1n) is 12.0. The minimum absolute atomic E-state index is 0.0457. The Bertz CT molecular complexity index is 1670. The van der Waals surface area contributed by atoms with Crippen LogP contribution in [0.25, 0.3) is 21.9 Å². The maximum Gasteiger partial charge on any atom is 0.331 e. The van der Waals surface area contributed by atoms with Gasteiger partial charge in [-0.1, -0.05) is 24.1 Å². The number of nitrogens with two attached hydrogens (primary N) is 1. The lowest BCUT2D eigenvalue weighted by molar-refractivity contribution is 0.458. The average Bonchev–Trinajstić information content (AvgIpc) is 3.16. The molecule has 36 heavy (non-hydrogen) atoms. The number of hydrogen-bond acceptors (Lipinski definition) is 7. The second-order valence-corrected chi connectivity index (χ2v) is 9.21. The number of piperidine rings is 1. The highest BCUT2D eigenvalue weighted by Gasteiger charge is 2.29. The number of benzene rings is 1. The van der Waals surface area contributed by atoms with E-state index in [-0.39, 0.29) is 35.9 Å². The van der Waals surface area contributed by atoms with Crippen LogP contribution in [0.5, 0.6) is 5.75 Å². The Hall–Kier alpha value is -4.10. The Morgan fingerprint density at radius 3 is 2.69 bits per heavy atom. The van der Waals surface area contributed by atoms with Crippen molar-refractivity contribution in [2.24, 2.45) is 12.8 Å². The van der Waals surface area contributed by atoms with Crippen LogP contribution >= 0.6 is 0 Å². The summed E-state index contributed by atoms with van der Waals surface area (Å²) < 4.78 is 4.13. The van der Waals surface area contributed by atoms with Gasteiger partial charge in [-0.25, -0.2) is 14.8 Å². The summed E-state index contributed by atoms with van der Waals surface area (Å²) in [6.07, 6.45) is 1.76. The lowest BCUT2D eigenvalue weighted by Gasteiger charge is -2.33. The van der Waals surface area contributed by atoms with Gasteiger partial charge >= 0.3 is 5.69 Å². The molecule has 5 rings (SSSR count). The van der Waals surface area contributed by atoms with Crippen molar-refractivity contribution in [3.63, 3.8) is 0 Å². The molecule has 4 heterocycles. The second-order valence-electron chi connectivity index (χ2n) is 9.21. The van der Waals surface area contributed by atoms with Gasteiger partial charge in [-0.3, -0.25) is 13.9 Å². The highest BCUT2D eigenvalue weighted by Crippen LogP contribution is 2.37. The SMILES string of the molecule is CC#CCn1c(N2CCC[C@@H](N)C2)c(O)c2c1c(=O)n(Cc1nc(C)c3ccccc3n1)c(=O)n2C. The zero-order valence-electron chi connectivity index (χ0n) is 20.7. The van der Waals surface area contributed by atoms with Crippen LogP contribution in [-0.2, 0) is 20.1 Å². The predicted molar refractivity (Wildman–Crippen MR) is 139 cm³/mol. The van der Waals surface area contributed by atoms with Crippen LogP contribution in [0.3, 0.4) is 0 Å². The van der Waals surface area contributed by atoms with Gasteiger partial charge in [0, 0.05) is 37.3 Å². The number of fused-ring (bicyclic) bond motifs is 2. The maximum atomic E-state index is 13.8. The van der Waals surface area contributed by atoms with E-state index in [4.69, 9.17) is 5.73 Å². The Balaban J connectivity index is 1.73. The van der Waals surface area contributed by atoms with Gasteiger partial charge in [-0.2, -0.15) is 0 Å². The first kappa shape index (κ1) is 23.6. The number of aryl methyl sites for hydroxylation is 2. The molecule has 1 saturated heterocycles. The smallest absolute Gasteiger partial charge is 0.331 e. The second kappa shape index (κ2) is 9.17. The van der Waals surface area contributed by atoms with Crippen molar-refractivity contribution in [2.45, 2.75) is 45.8 Å². The van der Waals surface area contributed by atoms with Gasteiger partial charge in [0.1, 0.15) is 16.9 Å². The Kier molecular flexibility index (Phi) is 6.02. The maximum absolute atomic E-state index is 13.8. The van der Waals surface area contributed by atoms with Gasteiger partial charge in [0.2, 0.25) is 0 Å². The van der Waals surface area contributed by atoms with Gasteiger partial charge in [0.25, 0.3) is 5.56 Å². The molecule has 10 heteroatoms. The van der Waals surface area contributed by atoms with Gasteiger partial charge in [-0.15, -0.1) is 5.92 Å². The number of hydrogen-bond donors (Lipinski definition) is 2. The highest BCUT2D eigenvalue weighted by molar-refractivity contribution is 5.90. The molecule has 0 unspecified atom stereocenters. The summed E-state index contributed by atoms with van der Waals surface area (Å²) in [5, 5.41) is 12.2. The Morgan fingerprint density at radius 2 is 1.94 bits per heavy atom.